The van der Waals surface area contributed by atoms with E-state index in [4.69, 9.17) is 4.74 Å². The first-order valence-corrected chi connectivity index (χ1v) is 20.0. The van der Waals surface area contributed by atoms with Crippen molar-refractivity contribution < 1.29 is 9.13 Å². The summed E-state index contributed by atoms with van der Waals surface area (Å²) in [6.45, 7) is 7.30. The second kappa shape index (κ2) is 27.6. The molecule has 5 N–H and O–H groups in total. The van der Waals surface area contributed by atoms with Gasteiger partial charge in [-0.3, -0.25) is 0 Å². The number of rotatable bonds is 10. The van der Waals surface area contributed by atoms with Gasteiger partial charge in [-0.15, -0.1) is 11.8 Å². The second-order valence-electron chi connectivity index (χ2n) is 12.1. The van der Waals surface area contributed by atoms with E-state index in [0.29, 0.717) is 0 Å². The predicted molar refractivity (Wildman–Crippen MR) is 238 cm³/mol. The van der Waals surface area contributed by atoms with Gasteiger partial charge < -0.3 is 36.2 Å². The van der Waals surface area contributed by atoms with Crippen LogP contribution in [0.1, 0.15) is 38.7 Å². The molecule has 0 amide bonds. The van der Waals surface area contributed by atoms with Crippen LogP contribution in [-0.4, -0.2) is 61.2 Å². The van der Waals surface area contributed by atoms with E-state index in [9.17, 15) is 4.39 Å². The quantitative estimate of drug-likeness (QED) is 0.0903. The van der Waals surface area contributed by atoms with Gasteiger partial charge >= 0.3 is 0 Å². The van der Waals surface area contributed by atoms with E-state index in [1.54, 1.807) is 30.9 Å². The van der Waals surface area contributed by atoms with Gasteiger partial charge in [-0.05, 0) is 148 Å². The van der Waals surface area contributed by atoms with E-state index < -0.39 is 0 Å². The fraction of sp³-hybridized carbons (Fsp3) is 0.333. The van der Waals surface area contributed by atoms with Crippen LogP contribution in [0.5, 0.6) is 5.75 Å². The van der Waals surface area contributed by atoms with Gasteiger partial charge in [-0.2, -0.15) is 0 Å². The summed E-state index contributed by atoms with van der Waals surface area (Å²) >= 11 is 1.76. The van der Waals surface area contributed by atoms with Crippen LogP contribution < -0.4 is 36.2 Å². The lowest BCUT2D eigenvalue weighted by Gasteiger charge is -2.28. The summed E-state index contributed by atoms with van der Waals surface area (Å²) < 4.78 is 17.5. The molecule has 0 saturated carbocycles. The number of ether oxygens (including phenoxy) is 1. The molecule has 0 radical (unpaired) electrons. The van der Waals surface area contributed by atoms with Crippen LogP contribution in [0.25, 0.3) is 0 Å². The fourth-order valence-electron chi connectivity index (χ4n) is 5.22. The lowest BCUT2D eigenvalue weighted by molar-refractivity contribution is 0.340. The predicted octanol–water partition coefficient (Wildman–Crippen LogP) is 11.5. The molecule has 1 heterocycles. The molecule has 1 fully saturated rings. The number of anilines is 6. The van der Waals surface area contributed by atoms with Crippen LogP contribution in [0.15, 0.2) is 126 Å². The molecule has 1 aliphatic rings. The van der Waals surface area contributed by atoms with E-state index >= 15 is 0 Å². The van der Waals surface area contributed by atoms with Gasteiger partial charge in [0.1, 0.15) is 11.6 Å². The van der Waals surface area contributed by atoms with Gasteiger partial charge in [-0.1, -0.05) is 25.1 Å². The number of piperidine rings is 1. The average Bonchev–Trinajstić information content (AvgIpc) is 3.25. The van der Waals surface area contributed by atoms with Crippen molar-refractivity contribution in [3.05, 3.63) is 133 Å². The molecule has 6 rings (SSSR count). The molecular formula is C45H63FN6OS. The summed E-state index contributed by atoms with van der Waals surface area (Å²) in [6, 6.07) is 39.6. The summed E-state index contributed by atoms with van der Waals surface area (Å²) in [5, 5.41) is 15.3. The molecule has 54 heavy (non-hydrogen) atoms. The minimum absolute atomic E-state index is 0.200. The number of nitrogens with one attached hydrogen (secondary N) is 5. The zero-order valence-electron chi connectivity index (χ0n) is 33.6. The number of thioether (sulfide) groups is 1. The van der Waals surface area contributed by atoms with E-state index in [0.717, 1.165) is 30.2 Å². The van der Waals surface area contributed by atoms with E-state index in [1.165, 1.54) is 77.7 Å². The van der Waals surface area contributed by atoms with Gasteiger partial charge in [0.05, 0.1) is 6.61 Å². The highest BCUT2D eigenvalue weighted by molar-refractivity contribution is 7.98. The Bertz CT molecular complexity index is 1580. The van der Waals surface area contributed by atoms with E-state index in [2.05, 4.69) is 117 Å². The standard InChI is InChI=1S/C12H18N2.C9H13NO.C9H13N.C8H11NS.C7H8FN/c1-13-11-5-7-12(8-6-11)14-9-3-2-4-10-14;1-3-11-9-6-4-8(10-2)5-7-9;1-3-8-5-4-6-9(7-8)10-2;1-9-7-4-3-5-8(6-7)10-2;1-9-7-4-2-6(8)3-5-7/h5-8,13H,2-4,9-10H2,1H3;4-7,10H,3H2,1-2H3;4-7,10H,3H2,1-2H3;3-6,9H,1-2H3;2-5,9H,1H3. The molecule has 292 valence electrons. The van der Waals surface area contributed by atoms with Crippen molar-refractivity contribution in [3.63, 3.8) is 0 Å². The van der Waals surface area contributed by atoms with Crippen LogP contribution in [0.3, 0.4) is 0 Å². The van der Waals surface area contributed by atoms with Crippen molar-refractivity contribution in [2.24, 2.45) is 0 Å². The zero-order valence-corrected chi connectivity index (χ0v) is 34.5. The first kappa shape index (κ1) is 45.1. The SMILES string of the molecule is CCOc1ccc(NC)cc1.CCc1cccc(NC)c1.CNc1ccc(F)cc1.CNc1ccc(N2CCCCC2)cc1.CNc1cccc(SC)c1. The molecule has 0 spiro atoms. The third-order valence-corrected chi connectivity index (χ3v) is 9.17. The average molecular weight is 755 g/mol. The maximum atomic E-state index is 12.2. The molecule has 0 aliphatic carbocycles. The van der Waals surface area contributed by atoms with Crippen molar-refractivity contribution in [3.8, 4) is 5.75 Å². The number of halogens is 1. The van der Waals surface area contributed by atoms with Gasteiger partial charge in [0.2, 0.25) is 0 Å². The minimum atomic E-state index is -0.200. The third-order valence-electron chi connectivity index (χ3n) is 8.45. The maximum Gasteiger partial charge on any atom is 0.123 e. The van der Waals surface area contributed by atoms with Gasteiger partial charge in [0.15, 0.2) is 0 Å². The monoisotopic (exact) mass is 754 g/mol. The van der Waals surface area contributed by atoms with Crippen molar-refractivity contribution in [2.45, 2.75) is 44.4 Å². The molecule has 5 aromatic rings. The Morgan fingerprint density at radius 1 is 0.574 bits per heavy atom. The lowest BCUT2D eigenvalue weighted by atomic mass is 10.1. The first-order chi connectivity index (χ1) is 26.3. The van der Waals surface area contributed by atoms with Gasteiger partial charge in [0.25, 0.3) is 0 Å². The summed E-state index contributed by atoms with van der Waals surface area (Å²) in [5.74, 6) is 0.723. The molecule has 0 atom stereocenters. The Balaban J connectivity index is 0.000000236. The highest BCUT2D eigenvalue weighted by atomic mass is 32.2. The minimum Gasteiger partial charge on any atom is -0.494 e. The smallest absolute Gasteiger partial charge is 0.123 e. The number of nitrogens with zero attached hydrogens (tertiary/aromatic N) is 1. The summed E-state index contributed by atoms with van der Waals surface area (Å²) in [7, 11) is 9.52. The Labute approximate surface area is 329 Å². The molecule has 5 aromatic carbocycles. The Kier molecular flexibility index (Phi) is 23.0. The van der Waals surface area contributed by atoms with E-state index in [-0.39, 0.29) is 5.82 Å². The van der Waals surface area contributed by atoms with Crippen molar-refractivity contribution in [1.82, 2.24) is 0 Å². The zero-order chi connectivity index (χ0) is 39.4. The topological polar surface area (TPSA) is 72.6 Å². The number of hydrogen-bond acceptors (Lipinski definition) is 8. The molecule has 1 aliphatic heterocycles. The Hall–Kier alpha value is -5.02. The first-order valence-electron chi connectivity index (χ1n) is 18.8. The highest BCUT2D eigenvalue weighted by Gasteiger charge is 2.10. The summed E-state index contributed by atoms with van der Waals surface area (Å²) in [6.07, 6.45) is 7.26. The molecule has 0 aromatic heterocycles. The molecule has 1 saturated heterocycles. The van der Waals surface area contributed by atoms with Crippen LogP contribution >= 0.6 is 11.8 Å². The van der Waals surface area contributed by atoms with Crippen LogP contribution in [-0.2, 0) is 6.42 Å². The molecular weight excluding hydrogens is 692 g/mol. The number of aryl methyl sites for hydroxylation is 1. The summed E-state index contributed by atoms with van der Waals surface area (Å²) in [5.41, 5.74) is 8.33. The Morgan fingerprint density at radius 3 is 1.54 bits per heavy atom. The maximum absolute atomic E-state index is 12.2. The fourth-order valence-corrected chi connectivity index (χ4v) is 5.68. The Morgan fingerprint density at radius 2 is 1.06 bits per heavy atom. The molecule has 7 nitrogen and oxygen atoms in total. The number of hydrogen-bond donors (Lipinski definition) is 5. The van der Waals surface area contributed by atoms with Gasteiger partial charge in [-0.25, -0.2) is 4.39 Å². The van der Waals surface area contributed by atoms with Crippen molar-refractivity contribution >= 4 is 45.9 Å². The van der Waals surface area contributed by atoms with Crippen LogP contribution in [0.4, 0.5) is 38.5 Å². The third kappa shape index (κ3) is 18.1. The molecule has 9 heteroatoms. The highest BCUT2D eigenvalue weighted by Crippen LogP contribution is 2.22. The number of benzene rings is 5. The molecule has 0 bridgehead atoms. The van der Waals surface area contributed by atoms with Crippen molar-refractivity contribution in [1.29, 1.82) is 0 Å². The van der Waals surface area contributed by atoms with Crippen LogP contribution in [0.2, 0.25) is 0 Å². The van der Waals surface area contributed by atoms with E-state index in [1.807, 2.05) is 59.4 Å². The lowest BCUT2D eigenvalue weighted by Crippen LogP contribution is -2.29. The normalized spacial score (nSPS) is 11.2. The molecule has 0 unspecified atom stereocenters. The van der Waals surface area contributed by atoms with Gasteiger partial charge in [0, 0.05) is 87.3 Å². The largest absolute Gasteiger partial charge is 0.494 e. The van der Waals surface area contributed by atoms with Crippen molar-refractivity contribution in [2.75, 3.05) is 92.7 Å². The van der Waals surface area contributed by atoms with Crippen LogP contribution in [0, 0.1) is 5.82 Å². The summed E-state index contributed by atoms with van der Waals surface area (Å²) in [4.78, 5) is 3.77. The second-order valence-corrected chi connectivity index (χ2v) is 13.0.